The van der Waals surface area contributed by atoms with Crippen LogP contribution in [0, 0.1) is 0 Å². The van der Waals surface area contributed by atoms with Crippen LogP contribution in [0.4, 0.5) is 13.2 Å². The molecule has 1 N–H and O–H groups in total. The summed E-state index contributed by atoms with van der Waals surface area (Å²) in [6.07, 6.45) is -0.457. The van der Waals surface area contributed by atoms with Crippen molar-refractivity contribution < 1.29 is 23.0 Å². The van der Waals surface area contributed by atoms with Crippen LogP contribution in [0.3, 0.4) is 0 Å². The lowest BCUT2D eigenvalue weighted by Gasteiger charge is -2.29. The number of hydrogen-bond donors (Lipinski definition) is 1. The zero-order valence-electron chi connectivity index (χ0n) is 12.0. The second kappa shape index (κ2) is 6.36. The van der Waals surface area contributed by atoms with Crippen molar-refractivity contribution in [2.24, 2.45) is 0 Å². The van der Waals surface area contributed by atoms with Crippen LogP contribution in [0.1, 0.15) is 30.9 Å². The maximum absolute atomic E-state index is 12.2. The Balaban J connectivity index is 2.34. The molecule has 1 aromatic heterocycles. The first-order valence-corrected chi connectivity index (χ1v) is 6.84. The highest BCUT2D eigenvalue weighted by atomic mass is 19.4. The van der Waals surface area contributed by atoms with Crippen LogP contribution in [0.2, 0.25) is 0 Å². The van der Waals surface area contributed by atoms with Gasteiger partial charge in [0.1, 0.15) is 11.4 Å². The molecule has 22 heavy (non-hydrogen) atoms. The first kappa shape index (κ1) is 16.3. The molecule has 6 heteroatoms. The van der Waals surface area contributed by atoms with E-state index in [4.69, 9.17) is 0 Å². The Morgan fingerprint density at radius 1 is 1.09 bits per heavy atom. The van der Waals surface area contributed by atoms with Crippen LogP contribution in [-0.2, 0) is 5.60 Å². The summed E-state index contributed by atoms with van der Waals surface area (Å²) in [6.45, 7) is 1.92. The number of rotatable bonds is 5. The van der Waals surface area contributed by atoms with E-state index in [1.165, 1.54) is 24.3 Å². The minimum Gasteiger partial charge on any atom is -0.406 e. The molecule has 2 rings (SSSR count). The molecule has 0 bridgehead atoms. The lowest BCUT2D eigenvalue weighted by atomic mass is 9.83. The van der Waals surface area contributed by atoms with Gasteiger partial charge in [0.05, 0.1) is 0 Å². The van der Waals surface area contributed by atoms with Crippen LogP contribution in [0.15, 0.2) is 48.8 Å². The van der Waals surface area contributed by atoms with Crippen molar-refractivity contribution in [1.82, 2.24) is 4.98 Å². The molecular weight excluding hydrogens is 295 g/mol. The summed E-state index contributed by atoms with van der Waals surface area (Å²) in [5, 5.41) is 11.0. The number of alkyl halides is 3. The molecule has 1 unspecified atom stereocenters. The summed E-state index contributed by atoms with van der Waals surface area (Å²) < 4.78 is 40.4. The van der Waals surface area contributed by atoms with E-state index in [1.807, 2.05) is 6.92 Å². The summed E-state index contributed by atoms with van der Waals surface area (Å²) in [5.41, 5.74) is -0.196. The number of nitrogens with zero attached hydrogens (tertiary/aromatic N) is 1. The van der Waals surface area contributed by atoms with Gasteiger partial charge < -0.3 is 9.84 Å². The summed E-state index contributed by atoms with van der Waals surface area (Å²) >= 11 is 0. The fourth-order valence-electron chi connectivity index (χ4n) is 2.36. The van der Waals surface area contributed by atoms with E-state index >= 15 is 0 Å². The van der Waals surface area contributed by atoms with Gasteiger partial charge in [0.25, 0.3) is 0 Å². The third-order valence-corrected chi connectivity index (χ3v) is 3.32. The Hall–Kier alpha value is -2.08. The van der Waals surface area contributed by atoms with Gasteiger partial charge in [-0.25, -0.2) is 0 Å². The second-order valence-corrected chi connectivity index (χ2v) is 4.92. The molecule has 0 aliphatic rings. The summed E-state index contributed by atoms with van der Waals surface area (Å²) in [5.74, 6) is -0.318. The van der Waals surface area contributed by atoms with Gasteiger partial charge in [-0.2, -0.15) is 0 Å². The van der Waals surface area contributed by atoms with E-state index in [-0.39, 0.29) is 5.75 Å². The molecule has 118 valence electrons. The minimum absolute atomic E-state index is 0.318. The second-order valence-electron chi connectivity index (χ2n) is 4.92. The number of aliphatic hydroxyl groups is 1. The number of pyridine rings is 1. The third kappa shape index (κ3) is 3.76. The first-order valence-electron chi connectivity index (χ1n) is 6.84. The number of hydrogen-bond acceptors (Lipinski definition) is 3. The molecule has 1 heterocycles. The quantitative estimate of drug-likeness (QED) is 0.907. The zero-order chi connectivity index (χ0) is 16.2. The number of ether oxygens (including phenoxy) is 1. The molecule has 2 aromatic rings. The van der Waals surface area contributed by atoms with E-state index in [2.05, 4.69) is 9.72 Å². The van der Waals surface area contributed by atoms with Gasteiger partial charge in [-0.05, 0) is 30.2 Å². The van der Waals surface area contributed by atoms with Crippen molar-refractivity contribution in [3.8, 4) is 5.75 Å². The molecule has 1 atom stereocenters. The van der Waals surface area contributed by atoms with Crippen LogP contribution in [0.25, 0.3) is 0 Å². The van der Waals surface area contributed by atoms with E-state index in [1.54, 1.807) is 24.5 Å². The normalized spacial score (nSPS) is 14.4. The number of benzene rings is 1. The molecule has 0 amide bonds. The topological polar surface area (TPSA) is 42.4 Å². The standard InChI is InChI=1S/C16H16F3NO2/c1-2-9-15(21,13-4-3-10-20-11-13)12-5-7-14(8-6-12)22-16(17,18)19/h3-8,10-11,21H,2,9H2,1H3. The molecule has 0 saturated carbocycles. The zero-order valence-corrected chi connectivity index (χ0v) is 12.0. The lowest BCUT2D eigenvalue weighted by Crippen LogP contribution is -2.27. The van der Waals surface area contributed by atoms with Crippen molar-refractivity contribution in [2.45, 2.75) is 31.7 Å². The molecule has 0 spiro atoms. The van der Waals surface area contributed by atoms with Gasteiger partial charge in [-0.15, -0.1) is 13.2 Å². The van der Waals surface area contributed by atoms with Crippen LogP contribution in [-0.4, -0.2) is 16.5 Å². The van der Waals surface area contributed by atoms with E-state index < -0.39 is 12.0 Å². The van der Waals surface area contributed by atoms with Gasteiger partial charge >= 0.3 is 6.36 Å². The van der Waals surface area contributed by atoms with Crippen molar-refractivity contribution in [1.29, 1.82) is 0 Å². The smallest absolute Gasteiger partial charge is 0.406 e. The fourth-order valence-corrected chi connectivity index (χ4v) is 2.36. The van der Waals surface area contributed by atoms with Crippen LogP contribution in [0.5, 0.6) is 5.75 Å². The summed E-state index contributed by atoms with van der Waals surface area (Å²) in [6, 6.07) is 8.70. The molecule has 0 aliphatic carbocycles. The van der Waals surface area contributed by atoms with Crippen molar-refractivity contribution in [3.05, 3.63) is 59.9 Å². The molecule has 3 nitrogen and oxygen atoms in total. The molecule has 0 aliphatic heterocycles. The largest absolute Gasteiger partial charge is 0.573 e. The summed E-state index contributed by atoms with van der Waals surface area (Å²) in [4.78, 5) is 3.99. The van der Waals surface area contributed by atoms with Crippen molar-refractivity contribution >= 4 is 0 Å². The highest BCUT2D eigenvalue weighted by molar-refractivity contribution is 5.37. The number of aromatic nitrogens is 1. The van der Waals surface area contributed by atoms with Gasteiger partial charge in [0.2, 0.25) is 0 Å². The molecular formula is C16H16F3NO2. The monoisotopic (exact) mass is 311 g/mol. The van der Waals surface area contributed by atoms with Crippen LogP contribution < -0.4 is 4.74 Å². The molecule has 1 aromatic carbocycles. The van der Waals surface area contributed by atoms with E-state index in [9.17, 15) is 18.3 Å². The Morgan fingerprint density at radius 3 is 2.27 bits per heavy atom. The average Bonchev–Trinajstić information content (AvgIpc) is 2.47. The third-order valence-electron chi connectivity index (χ3n) is 3.32. The average molecular weight is 311 g/mol. The fraction of sp³-hybridized carbons (Fsp3) is 0.312. The maximum Gasteiger partial charge on any atom is 0.573 e. The predicted octanol–water partition coefficient (Wildman–Crippen LogP) is 4.02. The number of halogens is 3. The van der Waals surface area contributed by atoms with Crippen molar-refractivity contribution in [2.75, 3.05) is 0 Å². The van der Waals surface area contributed by atoms with E-state index in [0.29, 0.717) is 24.0 Å². The van der Waals surface area contributed by atoms with E-state index in [0.717, 1.165) is 0 Å². The Kier molecular flexibility index (Phi) is 4.71. The molecule has 0 saturated heterocycles. The Bertz CT molecular complexity index is 599. The maximum atomic E-state index is 12.2. The Morgan fingerprint density at radius 2 is 1.77 bits per heavy atom. The van der Waals surface area contributed by atoms with Gasteiger partial charge in [-0.1, -0.05) is 31.5 Å². The first-order chi connectivity index (χ1) is 10.3. The highest BCUT2D eigenvalue weighted by Crippen LogP contribution is 2.35. The predicted molar refractivity (Wildman–Crippen MR) is 75.3 cm³/mol. The van der Waals surface area contributed by atoms with Crippen LogP contribution >= 0.6 is 0 Å². The lowest BCUT2D eigenvalue weighted by molar-refractivity contribution is -0.274. The van der Waals surface area contributed by atoms with Gasteiger partial charge in [0, 0.05) is 18.0 Å². The van der Waals surface area contributed by atoms with Gasteiger partial charge in [0.15, 0.2) is 0 Å². The SMILES string of the molecule is CCCC(O)(c1ccc(OC(F)(F)F)cc1)c1cccnc1. The van der Waals surface area contributed by atoms with Gasteiger partial charge in [-0.3, -0.25) is 4.98 Å². The minimum atomic E-state index is -4.73. The summed E-state index contributed by atoms with van der Waals surface area (Å²) in [7, 11) is 0. The molecule has 0 fully saturated rings. The highest BCUT2D eigenvalue weighted by Gasteiger charge is 2.33. The Labute approximate surface area is 126 Å². The molecule has 0 radical (unpaired) electrons. The van der Waals surface area contributed by atoms with Crippen molar-refractivity contribution in [3.63, 3.8) is 0 Å².